The van der Waals surface area contributed by atoms with E-state index in [1.54, 1.807) is 0 Å². The van der Waals surface area contributed by atoms with Crippen LogP contribution >= 0.6 is 0 Å². The Labute approximate surface area is 170 Å². The number of rotatable bonds is 2. The molecule has 0 saturated carbocycles. The first kappa shape index (κ1) is 17.6. The normalized spacial score (nSPS) is 11.3. The summed E-state index contributed by atoms with van der Waals surface area (Å²) in [6, 6.07) is 23.6. The molecule has 2 aromatic heterocycles. The van der Waals surface area contributed by atoms with Gasteiger partial charge in [0.15, 0.2) is 0 Å². The number of nitrogens with zero attached hydrogens (tertiary/aromatic N) is 2. The van der Waals surface area contributed by atoms with Gasteiger partial charge in [-0.15, -0.1) is 0 Å². The lowest BCUT2D eigenvalue weighted by Gasteiger charge is -2.12. The van der Waals surface area contributed by atoms with Crippen molar-refractivity contribution in [2.75, 3.05) is 0 Å². The predicted molar refractivity (Wildman–Crippen MR) is 122 cm³/mol. The molecule has 0 N–H and O–H groups in total. The average molecular weight is 374 g/mol. The van der Waals surface area contributed by atoms with Crippen molar-refractivity contribution in [3.05, 3.63) is 95.8 Å². The quantitative estimate of drug-likeness (QED) is 0.310. The van der Waals surface area contributed by atoms with Crippen LogP contribution in [0.4, 0.5) is 0 Å². The minimum Gasteiger partial charge on any atom is -0.256 e. The number of hydrogen-bond donors (Lipinski definition) is 0. The van der Waals surface area contributed by atoms with Crippen LogP contribution in [0.25, 0.3) is 44.1 Å². The number of aromatic nitrogens is 2. The maximum absolute atomic E-state index is 4.84. The second-order valence-corrected chi connectivity index (χ2v) is 7.74. The summed E-state index contributed by atoms with van der Waals surface area (Å²) in [5.74, 6) is 0. The summed E-state index contributed by atoms with van der Waals surface area (Å²) in [4.78, 5) is 9.52. The Balaban J connectivity index is 1.72. The molecule has 29 heavy (non-hydrogen) atoms. The highest BCUT2D eigenvalue weighted by Gasteiger charge is 2.11. The standard InChI is InChI=1S/C27H22N2/c1-17-7-9-20(10-8-17)27-23-12-11-21-15-25(26-18(2)5-4-6-19(26)3)29-16-24(21)22(23)13-14-28-27/h4-16H,1-3H3. The Morgan fingerprint density at radius 1 is 0.655 bits per heavy atom. The molecule has 0 aliphatic heterocycles. The van der Waals surface area contributed by atoms with Gasteiger partial charge < -0.3 is 0 Å². The van der Waals surface area contributed by atoms with E-state index >= 15 is 0 Å². The van der Waals surface area contributed by atoms with Gasteiger partial charge in [0.05, 0.1) is 11.4 Å². The minimum atomic E-state index is 1.02. The van der Waals surface area contributed by atoms with E-state index in [-0.39, 0.29) is 0 Å². The molecule has 0 aliphatic rings. The van der Waals surface area contributed by atoms with Crippen LogP contribution < -0.4 is 0 Å². The third kappa shape index (κ3) is 2.98. The second-order valence-electron chi connectivity index (χ2n) is 7.74. The maximum Gasteiger partial charge on any atom is 0.0780 e. The van der Waals surface area contributed by atoms with Crippen molar-refractivity contribution < 1.29 is 0 Å². The van der Waals surface area contributed by atoms with Crippen LogP contribution in [0.15, 0.2) is 79.1 Å². The zero-order valence-electron chi connectivity index (χ0n) is 16.9. The first-order chi connectivity index (χ1) is 14.1. The zero-order chi connectivity index (χ0) is 20.0. The van der Waals surface area contributed by atoms with Gasteiger partial charge in [0, 0.05) is 34.3 Å². The highest BCUT2D eigenvalue weighted by molar-refractivity contribution is 6.11. The van der Waals surface area contributed by atoms with E-state index in [4.69, 9.17) is 4.98 Å². The van der Waals surface area contributed by atoms with Crippen molar-refractivity contribution in [3.8, 4) is 22.5 Å². The smallest absolute Gasteiger partial charge is 0.0780 e. The molecule has 2 heterocycles. The van der Waals surface area contributed by atoms with Crippen molar-refractivity contribution in [1.82, 2.24) is 9.97 Å². The van der Waals surface area contributed by atoms with E-state index in [0.717, 1.165) is 27.7 Å². The molecule has 140 valence electrons. The molecule has 0 atom stereocenters. The third-order valence-corrected chi connectivity index (χ3v) is 5.71. The highest BCUT2D eigenvalue weighted by Crippen LogP contribution is 2.34. The predicted octanol–water partition coefficient (Wildman–Crippen LogP) is 7.04. The van der Waals surface area contributed by atoms with Crippen LogP contribution in [-0.4, -0.2) is 9.97 Å². The molecule has 0 saturated heterocycles. The summed E-state index contributed by atoms with van der Waals surface area (Å²) in [6.45, 7) is 6.40. The van der Waals surface area contributed by atoms with Gasteiger partial charge in [0.25, 0.3) is 0 Å². The van der Waals surface area contributed by atoms with Gasteiger partial charge in [-0.05, 0) is 54.8 Å². The summed E-state index contributed by atoms with van der Waals surface area (Å²) in [7, 11) is 0. The van der Waals surface area contributed by atoms with Crippen LogP contribution in [0.5, 0.6) is 0 Å². The van der Waals surface area contributed by atoms with Gasteiger partial charge in [-0.25, -0.2) is 0 Å². The molecule has 3 aromatic carbocycles. The fourth-order valence-corrected chi connectivity index (χ4v) is 4.18. The van der Waals surface area contributed by atoms with Gasteiger partial charge in [0.2, 0.25) is 0 Å². The van der Waals surface area contributed by atoms with Crippen LogP contribution in [0, 0.1) is 20.8 Å². The van der Waals surface area contributed by atoms with Crippen molar-refractivity contribution in [2.45, 2.75) is 20.8 Å². The molecule has 0 fully saturated rings. The van der Waals surface area contributed by atoms with Crippen molar-refractivity contribution in [1.29, 1.82) is 0 Å². The number of pyridine rings is 2. The van der Waals surface area contributed by atoms with E-state index in [1.165, 1.54) is 33.0 Å². The monoisotopic (exact) mass is 374 g/mol. The lowest BCUT2D eigenvalue weighted by molar-refractivity contribution is 1.30. The summed E-state index contributed by atoms with van der Waals surface area (Å²) in [5.41, 5.74) is 8.17. The summed E-state index contributed by atoms with van der Waals surface area (Å²) < 4.78 is 0. The SMILES string of the molecule is Cc1ccc(-c2nccc3c2ccc2cc(-c4c(C)cccc4C)ncc23)cc1. The van der Waals surface area contributed by atoms with Gasteiger partial charge >= 0.3 is 0 Å². The van der Waals surface area contributed by atoms with Crippen LogP contribution in [0.2, 0.25) is 0 Å². The number of hydrogen-bond acceptors (Lipinski definition) is 2. The first-order valence-corrected chi connectivity index (χ1v) is 9.93. The van der Waals surface area contributed by atoms with E-state index in [1.807, 2.05) is 12.4 Å². The lowest BCUT2D eigenvalue weighted by Crippen LogP contribution is -1.92. The fourth-order valence-electron chi connectivity index (χ4n) is 4.18. The Morgan fingerprint density at radius 3 is 2.17 bits per heavy atom. The largest absolute Gasteiger partial charge is 0.256 e. The van der Waals surface area contributed by atoms with Gasteiger partial charge in [-0.1, -0.05) is 60.2 Å². The number of fused-ring (bicyclic) bond motifs is 3. The molecular formula is C27H22N2. The van der Waals surface area contributed by atoms with Crippen LogP contribution in [0.3, 0.4) is 0 Å². The molecule has 0 unspecified atom stereocenters. The van der Waals surface area contributed by atoms with E-state index in [9.17, 15) is 0 Å². The Hall–Kier alpha value is -3.52. The lowest BCUT2D eigenvalue weighted by atomic mass is 9.96. The molecule has 0 amide bonds. The molecule has 0 spiro atoms. The van der Waals surface area contributed by atoms with Crippen LogP contribution in [0.1, 0.15) is 16.7 Å². The van der Waals surface area contributed by atoms with Crippen LogP contribution in [-0.2, 0) is 0 Å². The van der Waals surface area contributed by atoms with E-state index < -0.39 is 0 Å². The fraction of sp³-hybridized carbons (Fsp3) is 0.111. The third-order valence-electron chi connectivity index (χ3n) is 5.71. The molecule has 2 nitrogen and oxygen atoms in total. The Kier molecular flexibility index (Phi) is 4.13. The van der Waals surface area contributed by atoms with Crippen molar-refractivity contribution in [3.63, 3.8) is 0 Å². The number of aryl methyl sites for hydroxylation is 3. The summed E-state index contributed by atoms with van der Waals surface area (Å²) in [6.07, 6.45) is 3.91. The summed E-state index contributed by atoms with van der Waals surface area (Å²) in [5, 5.41) is 4.71. The first-order valence-electron chi connectivity index (χ1n) is 9.93. The number of benzene rings is 3. The highest BCUT2D eigenvalue weighted by atomic mass is 14.7. The van der Waals surface area contributed by atoms with Crippen molar-refractivity contribution in [2.24, 2.45) is 0 Å². The van der Waals surface area contributed by atoms with Crippen molar-refractivity contribution >= 4 is 21.5 Å². The van der Waals surface area contributed by atoms with Gasteiger partial charge in [0.1, 0.15) is 0 Å². The zero-order valence-corrected chi connectivity index (χ0v) is 16.9. The van der Waals surface area contributed by atoms with Gasteiger partial charge in [-0.2, -0.15) is 0 Å². The van der Waals surface area contributed by atoms with E-state index in [0.29, 0.717) is 0 Å². The molecule has 0 radical (unpaired) electrons. The molecule has 5 aromatic rings. The van der Waals surface area contributed by atoms with E-state index in [2.05, 4.69) is 92.5 Å². The molecule has 5 rings (SSSR count). The molecule has 0 bridgehead atoms. The molecule has 2 heteroatoms. The summed E-state index contributed by atoms with van der Waals surface area (Å²) >= 11 is 0. The molecular weight excluding hydrogens is 352 g/mol. The maximum atomic E-state index is 4.84. The Morgan fingerprint density at radius 2 is 1.41 bits per heavy atom. The Bertz CT molecular complexity index is 1350. The second kappa shape index (κ2) is 6.82. The minimum absolute atomic E-state index is 1.02. The molecule has 0 aliphatic carbocycles. The average Bonchev–Trinajstić information content (AvgIpc) is 2.73. The van der Waals surface area contributed by atoms with Gasteiger partial charge in [-0.3, -0.25) is 9.97 Å². The topological polar surface area (TPSA) is 25.8 Å².